The van der Waals surface area contributed by atoms with Crippen LogP contribution in [0.15, 0.2) is 24.8 Å². The molecule has 0 heterocycles. The summed E-state index contributed by atoms with van der Waals surface area (Å²) in [5, 5.41) is 9.80. The first-order chi connectivity index (χ1) is 8.81. The summed E-state index contributed by atoms with van der Waals surface area (Å²) in [5.74, 6) is 0. The van der Waals surface area contributed by atoms with E-state index in [9.17, 15) is 5.11 Å². The van der Waals surface area contributed by atoms with Crippen molar-refractivity contribution in [1.82, 2.24) is 0 Å². The van der Waals surface area contributed by atoms with Gasteiger partial charge in [-0.1, -0.05) is 76.7 Å². The lowest BCUT2D eigenvalue weighted by molar-refractivity contribution is 0.147. The molecule has 0 saturated carbocycles. The van der Waals surface area contributed by atoms with Crippen LogP contribution in [0.2, 0.25) is 0 Å². The minimum absolute atomic E-state index is 0.0532. The molecule has 1 N–H and O–H groups in total. The number of allylic oxidation sites excluding steroid dienone is 3. The first-order valence-electron chi connectivity index (χ1n) is 7.76. The van der Waals surface area contributed by atoms with Gasteiger partial charge in [0.05, 0.1) is 6.10 Å². The summed E-state index contributed by atoms with van der Waals surface area (Å²) in [6, 6.07) is 0. The summed E-state index contributed by atoms with van der Waals surface area (Å²) in [6.45, 7) is 5.87. The monoisotopic (exact) mass is 252 g/mol. The molecule has 0 aromatic rings. The predicted octanol–water partition coefficient (Wildman–Crippen LogP) is 5.40. The number of rotatable bonds is 13. The Hall–Kier alpha value is -0.560. The molecule has 0 radical (unpaired) electrons. The Morgan fingerprint density at radius 2 is 1.56 bits per heavy atom. The van der Waals surface area contributed by atoms with Crippen molar-refractivity contribution in [2.24, 2.45) is 0 Å². The molecule has 1 heteroatoms. The van der Waals surface area contributed by atoms with Gasteiger partial charge in [0.2, 0.25) is 0 Å². The van der Waals surface area contributed by atoms with Gasteiger partial charge in [0.1, 0.15) is 0 Å². The van der Waals surface area contributed by atoms with Crippen LogP contribution in [0.5, 0.6) is 0 Å². The zero-order valence-corrected chi connectivity index (χ0v) is 12.2. The van der Waals surface area contributed by atoms with E-state index in [-0.39, 0.29) is 6.10 Å². The minimum Gasteiger partial charge on any atom is -0.393 e. The van der Waals surface area contributed by atoms with Crippen LogP contribution < -0.4 is 0 Å². The molecule has 0 aromatic carbocycles. The van der Waals surface area contributed by atoms with Crippen LogP contribution in [0.25, 0.3) is 0 Å². The van der Waals surface area contributed by atoms with Crippen LogP contribution in [-0.2, 0) is 0 Å². The number of unbranched alkanes of at least 4 members (excludes halogenated alkanes) is 7. The fourth-order valence-electron chi connectivity index (χ4n) is 2.14. The third kappa shape index (κ3) is 13.5. The lowest BCUT2D eigenvalue weighted by Gasteiger charge is -2.09. The van der Waals surface area contributed by atoms with Crippen LogP contribution >= 0.6 is 0 Å². The van der Waals surface area contributed by atoms with Gasteiger partial charge in [-0.15, -0.1) is 0 Å². The molecule has 0 amide bonds. The highest BCUT2D eigenvalue weighted by Crippen LogP contribution is 2.12. The third-order valence-electron chi connectivity index (χ3n) is 3.32. The predicted molar refractivity (Wildman–Crippen MR) is 81.8 cm³/mol. The highest BCUT2D eigenvalue weighted by molar-refractivity contribution is 4.96. The summed E-state index contributed by atoms with van der Waals surface area (Å²) in [7, 11) is 0. The van der Waals surface area contributed by atoms with E-state index < -0.39 is 0 Å². The smallest absolute Gasteiger partial charge is 0.0540 e. The average Bonchev–Trinajstić information content (AvgIpc) is 2.38. The topological polar surface area (TPSA) is 20.2 Å². The summed E-state index contributed by atoms with van der Waals surface area (Å²) >= 11 is 0. The molecule has 0 bridgehead atoms. The lowest BCUT2D eigenvalue weighted by atomic mass is 10.0. The molecule has 0 aliphatic rings. The van der Waals surface area contributed by atoms with Gasteiger partial charge in [0.25, 0.3) is 0 Å². The maximum Gasteiger partial charge on any atom is 0.0540 e. The maximum atomic E-state index is 9.80. The van der Waals surface area contributed by atoms with Gasteiger partial charge in [-0.2, -0.15) is 0 Å². The van der Waals surface area contributed by atoms with Gasteiger partial charge in [-0.25, -0.2) is 0 Å². The Kier molecular flexibility index (Phi) is 14.0. The Morgan fingerprint density at radius 1 is 0.944 bits per heavy atom. The van der Waals surface area contributed by atoms with Gasteiger partial charge in [0.15, 0.2) is 0 Å². The Labute approximate surface area is 114 Å². The molecule has 0 aliphatic carbocycles. The van der Waals surface area contributed by atoms with Crippen LogP contribution in [0.1, 0.15) is 77.6 Å². The van der Waals surface area contributed by atoms with E-state index in [0.29, 0.717) is 0 Å². The van der Waals surface area contributed by atoms with Crippen molar-refractivity contribution in [3.05, 3.63) is 24.8 Å². The van der Waals surface area contributed by atoms with Crippen molar-refractivity contribution in [2.45, 2.75) is 83.7 Å². The molecule has 1 unspecified atom stereocenters. The molecular formula is C17H32O. The van der Waals surface area contributed by atoms with Gasteiger partial charge < -0.3 is 5.11 Å². The summed E-state index contributed by atoms with van der Waals surface area (Å²) < 4.78 is 0. The van der Waals surface area contributed by atoms with Crippen LogP contribution in [0.3, 0.4) is 0 Å². The van der Waals surface area contributed by atoms with Gasteiger partial charge in [0, 0.05) is 0 Å². The minimum atomic E-state index is -0.0532. The lowest BCUT2D eigenvalue weighted by Crippen LogP contribution is -2.05. The first-order valence-corrected chi connectivity index (χ1v) is 7.76. The fourth-order valence-corrected chi connectivity index (χ4v) is 2.14. The van der Waals surface area contributed by atoms with Gasteiger partial charge in [-0.05, 0) is 25.7 Å². The van der Waals surface area contributed by atoms with Crippen molar-refractivity contribution in [3.63, 3.8) is 0 Å². The quantitative estimate of drug-likeness (QED) is 0.344. The van der Waals surface area contributed by atoms with Crippen molar-refractivity contribution in [1.29, 1.82) is 0 Å². The van der Waals surface area contributed by atoms with Crippen molar-refractivity contribution >= 4 is 0 Å². The molecule has 1 nitrogen and oxygen atoms in total. The second-order valence-corrected chi connectivity index (χ2v) is 5.16. The van der Waals surface area contributed by atoms with Crippen molar-refractivity contribution in [3.8, 4) is 0 Å². The van der Waals surface area contributed by atoms with Crippen LogP contribution in [0.4, 0.5) is 0 Å². The Balaban J connectivity index is 3.17. The number of aliphatic hydroxyl groups excluding tert-OH is 1. The third-order valence-corrected chi connectivity index (χ3v) is 3.32. The molecule has 0 saturated heterocycles. The first kappa shape index (κ1) is 17.4. The number of hydrogen-bond acceptors (Lipinski definition) is 1. The zero-order valence-electron chi connectivity index (χ0n) is 12.2. The normalized spacial score (nSPS) is 13.0. The van der Waals surface area contributed by atoms with E-state index in [0.717, 1.165) is 19.3 Å². The molecule has 106 valence electrons. The molecule has 1 atom stereocenters. The largest absolute Gasteiger partial charge is 0.393 e. The second kappa shape index (κ2) is 14.5. The van der Waals surface area contributed by atoms with Crippen LogP contribution in [-0.4, -0.2) is 11.2 Å². The molecule has 0 fully saturated rings. The summed E-state index contributed by atoms with van der Waals surface area (Å²) in [4.78, 5) is 0. The van der Waals surface area contributed by atoms with Gasteiger partial charge >= 0.3 is 0 Å². The SMILES string of the molecule is C=CC=CCCCCCCC(O)CCCCCC. The van der Waals surface area contributed by atoms with E-state index in [1.807, 2.05) is 12.2 Å². The Bertz CT molecular complexity index is 196. The van der Waals surface area contributed by atoms with Crippen LogP contribution in [0, 0.1) is 0 Å². The fraction of sp³-hybridized carbons (Fsp3) is 0.765. The number of hydrogen-bond donors (Lipinski definition) is 1. The summed E-state index contributed by atoms with van der Waals surface area (Å²) in [5.41, 5.74) is 0. The van der Waals surface area contributed by atoms with E-state index >= 15 is 0 Å². The highest BCUT2D eigenvalue weighted by atomic mass is 16.3. The van der Waals surface area contributed by atoms with Crippen molar-refractivity contribution < 1.29 is 5.11 Å². The molecule has 0 rings (SSSR count). The zero-order chi connectivity index (χ0) is 13.5. The maximum absolute atomic E-state index is 9.80. The molecular weight excluding hydrogens is 220 g/mol. The van der Waals surface area contributed by atoms with E-state index in [1.165, 1.54) is 51.4 Å². The second-order valence-electron chi connectivity index (χ2n) is 5.16. The number of aliphatic hydroxyl groups is 1. The molecule has 0 spiro atoms. The van der Waals surface area contributed by atoms with Crippen molar-refractivity contribution in [2.75, 3.05) is 0 Å². The highest BCUT2D eigenvalue weighted by Gasteiger charge is 2.03. The molecule has 0 aliphatic heterocycles. The molecule has 0 aromatic heterocycles. The Morgan fingerprint density at radius 3 is 2.17 bits per heavy atom. The average molecular weight is 252 g/mol. The molecule has 18 heavy (non-hydrogen) atoms. The van der Waals surface area contributed by atoms with E-state index in [1.54, 1.807) is 0 Å². The van der Waals surface area contributed by atoms with E-state index in [4.69, 9.17) is 0 Å². The van der Waals surface area contributed by atoms with Gasteiger partial charge in [-0.3, -0.25) is 0 Å². The summed E-state index contributed by atoms with van der Waals surface area (Å²) in [6.07, 6.45) is 19.2. The standard InChI is InChI=1S/C17H32O/c1-3-5-7-9-10-11-12-14-16-17(18)15-13-8-6-4-2/h3,5,7,17-18H,1,4,6,8-16H2,2H3. The van der Waals surface area contributed by atoms with E-state index in [2.05, 4.69) is 19.6 Å².